The SMILES string of the molecule is CCNCc1cnc(C2(OCC)CCC(C)(C)CC2)nc1. The number of rotatable bonds is 6. The number of nitrogens with zero attached hydrogens (tertiary/aromatic N) is 2. The van der Waals surface area contributed by atoms with Gasteiger partial charge in [-0.3, -0.25) is 0 Å². The van der Waals surface area contributed by atoms with Crippen LogP contribution >= 0.6 is 0 Å². The van der Waals surface area contributed by atoms with Crippen molar-refractivity contribution in [1.82, 2.24) is 15.3 Å². The minimum atomic E-state index is -0.277. The Morgan fingerprint density at radius 1 is 1.10 bits per heavy atom. The largest absolute Gasteiger partial charge is 0.367 e. The molecule has 4 heteroatoms. The minimum absolute atomic E-state index is 0.277. The van der Waals surface area contributed by atoms with E-state index < -0.39 is 0 Å². The Morgan fingerprint density at radius 3 is 2.24 bits per heavy atom. The highest BCUT2D eigenvalue weighted by Gasteiger charge is 2.42. The number of aromatic nitrogens is 2. The Bertz CT molecular complexity index is 432. The molecule has 21 heavy (non-hydrogen) atoms. The van der Waals surface area contributed by atoms with Gasteiger partial charge in [0.1, 0.15) is 5.60 Å². The Morgan fingerprint density at radius 2 is 1.71 bits per heavy atom. The number of ether oxygens (including phenoxy) is 1. The second-order valence-corrected chi connectivity index (χ2v) is 6.79. The molecule has 1 aliphatic rings. The van der Waals surface area contributed by atoms with E-state index in [1.165, 1.54) is 0 Å². The average Bonchev–Trinajstić information content (AvgIpc) is 2.48. The zero-order chi connectivity index (χ0) is 15.3. The van der Waals surface area contributed by atoms with E-state index in [0.717, 1.165) is 50.2 Å². The van der Waals surface area contributed by atoms with Crippen LogP contribution in [-0.2, 0) is 16.9 Å². The Kier molecular flexibility index (Phi) is 5.33. The van der Waals surface area contributed by atoms with E-state index >= 15 is 0 Å². The van der Waals surface area contributed by atoms with Crippen molar-refractivity contribution in [3.63, 3.8) is 0 Å². The van der Waals surface area contributed by atoms with Crippen LogP contribution in [0, 0.1) is 5.41 Å². The van der Waals surface area contributed by atoms with E-state index in [2.05, 4.69) is 43.0 Å². The molecule has 0 radical (unpaired) electrons. The van der Waals surface area contributed by atoms with Gasteiger partial charge in [-0.05, 0) is 44.6 Å². The predicted octanol–water partition coefficient (Wildman–Crippen LogP) is 3.42. The maximum atomic E-state index is 6.13. The van der Waals surface area contributed by atoms with Crippen molar-refractivity contribution >= 4 is 0 Å². The molecule has 1 fully saturated rings. The third-order valence-corrected chi connectivity index (χ3v) is 4.52. The second-order valence-electron chi connectivity index (χ2n) is 6.79. The smallest absolute Gasteiger partial charge is 0.160 e. The number of nitrogens with one attached hydrogen (secondary N) is 1. The van der Waals surface area contributed by atoms with Crippen molar-refractivity contribution in [1.29, 1.82) is 0 Å². The molecule has 1 heterocycles. The van der Waals surface area contributed by atoms with Gasteiger partial charge in [0.2, 0.25) is 0 Å². The second kappa shape index (κ2) is 6.84. The molecule has 1 saturated carbocycles. The molecule has 0 spiro atoms. The fourth-order valence-corrected chi connectivity index (χ4v) is 2.99. The molecule has 0 aliphatic heterocycles. The molecule has 1 aliphatic carbocycles. The third kappa shape index (κ3) is 4.01. The molecule has 4 nitrogen and oxygen atoms in total. The van der Waals surface area contributed by atoms with E-state index in [4.69, 9.17) is 4.74 Å². The van der Waals surface area contributed by atoms with E-state index in [9.17, 15) is 0 Å². The lowest BCUT2D eigenvalue weighted by Gasteiger charge is -2.42. The standard InChI is InChI=1S/C17H29N3O/c1-5-18-11-14-12-19-15(20-13-14)17(21-6-2)9-7-16(3,4)8-10-17/h12-13,18H,5-11H2,1-4H3. The molecule has 0 atom stereocenters. The number of hydrogen-bond donors (Lipinski definition) is 1. The summed E-state index contributed by atoms with van der Waals surface area (Å²) >= 11 is 0. The van der Waals surface area contributed by atoms with E-state index in [1.807, 2.05) is 12.4 Å². The van der Waals surface area contributed by atoms with Gasteiger partial charge in [-0.2, -0.15) is 0 Å². The quantitative estimate of drug-likeness (QED) is 0.872. The first kappa shape index (κ1) is 16.4. The van der Waals surface area contributed by atoms with Crippen LogP contribution in [0.4, 0.5) is 0 Å². The Hall–Kier alpha value is -1.00. The van der Waals surface area contributed by atoms with Crippen molar-refractivity contribution < 1.29 is 4.74 Å². The summed E-state index contributed by atoms with van der Waals surface area (Å²) in [4.78, 5) is 9.24. The van der Waals surface area contributed by atoms with Gasteiger partial charge in [0.15, 0.2) is 5.82 Å². The van der Waals surface area contributed by atoms with Crippen LogP contribution in [0.3, 0.4) is 0 Å². The first-order valence-corrected chi connectivity index (χ1v) is 8.17. The Balaban J connectivity index is 2.15. The minimum Gasteiger partial charge on any atom is -0.367 e. The van der Waals surface area contributed by atoms with Crippen LogP contribution in [0.25, 0.3) is 0 Å². The summed E-state index contributed by atoms with van der Waals surface area (Å²) in [6.45, 7) is 11.3. The van der Waals surface area contributed by atoms with Crippen LogP contribution < -0.4 is 5.32 Å². The molecule has 1 aromatic rings. The summed E-state index contributed by atoms with van der Waals surface area (Å²) in [7, 11) is 0. The summed E-state index contributed by atoms with van der Waals surface area (Å²) in [6.07, 6.45) is 8.23. The van der Waals surface area contributed by atoms with Crippen molar-refractivity contribution in [3.8, 4) is 0 Å². The fraction of sp³-hybridized carbons (Fsp3) is 0.765. The van der Waals surface area contributed by atoms with Crippen LogP contribution in [0.5, 0.6) is 0 Å². The molecule has 0 aromatic carbocycles. The summed E-state index contributed by atoms with van der Waals surface area (Å²) < 4.78 is 6.13. The highest BCUT2D eigenvalue weighted by atomic mass is 16.5. The first-order valence-electron chi connectivity index (χ1n) is 8.17. The van der Waals surface area contributed by atoms with Gasteiger partial charge in [0.25, 0.3) is 0 Å². The molecule has 0 bridgehead atoms. The molecule has 0 amide bonds. The third-order valence-electron chi connectivity index (χ3n) is 4.52. The maximum absolute atomic E-state index is 6.13. The Labute approximate surface area is 128 Å². The molecule has 118 valence electrons. The van der Waals surface area contributed by atoms with Crippen molar-refractivity contribution in [2.45, 2.75) is 65.5 Å². The van der Waals surface area contributed by atoms with Crippen molar-refractivity contribution in [2.24, 2.45) is 5.41 Å². The van der Waals surface area contributed by atoms with E-state index in [-0.39, 0.29) is 5.60 Å². The molecule has 2 rings (SSSR count). The van der Waals surface area contributed by atoms with Gasteiger partial charge in [-0.25, -0.2) is 9.97 Å². The maximum Gasteiger partial charge on any atom is 0.160 e. The predicted molar refractivity (Wildman–Crippen MR) is 85.0 cm³/mol. The summed E-state index contributed by atoms with van der Waals surface area (Å²) in [5.41, 5.74) is 1.26. The highest BCUT2D eigenvalue weighted by Crippen LogP contribution is 2.46. The average molecular weight is 291 g/mol. The van der Waals surface area contributed by atoms with Crippen LogP contribution in [0.15, 0.2) is 12.4 Å². The van der Waals surface area contributed by atoms with E-state index in [1.54, 1.807) is 0 Å². The summed E-state index contributed by atoms with van der Waals surface area (Å²) in [5.74, 6) is 0.861. The van der Waals surface area contributed by atoms with E-state index in [0.29, 0.717) is 12.0 Å². The van der Waals surface area contributed by atoms with Gasteiger partial charge < -0.3 is 10.1 Å². The molecular weight excluding hydrogens is 262 g/mol. The molecule has 0 unspecified atom stereocenters. The zero-order valence-corrected chi connectivity index (χ0v) is 13.9. The molecule has 0 saturated heterocycles. The first-order chi connectivity index (χ1) is 10.0. The molecule has 1 N–H and O–H groups in total. The molecular formula is C17H29N3O. The lowest BCUT2D eigenvalue weighted by molar-refractivity contribution is -0.0948. The highest BCUT2D eigenvalue weighted by molar-refractivity contribution is 5.11. The monoisotopic (exact) mass is 291 g/mol. The van der Waals surface area contributed by atoms with Crippen LogP contribution in [-0.4, -0.2) is 23.1 Å². The van der Waals surface area contributed by atoms with Gasteiger partial charge in [0.05, 0.1) is 0 Å². The normalized spacial score (nSPS) is 20.4. The fourth-order valence-electron chi connectivity index (χ4n) is 2.99. The lowest BCUT2D eigenvalue weighted by Crippen LogP contribution is -2.38. The van der Waals surface area contributed by atoms with Crippen LogP contribution in [0.1, 0.15) is 64.8 Å². The topological polar surface area (TPSA) is 47.0 Å². The van der Waals surface area contributed by atoms with Crippen LogP contribution in [0.2, 0.25) is 0 Å². The van der Waals surface area contributed by atoms with Crippen molar-refractivity contribution in [3.05, 3.63) is 23.8 Å². The van der Waals surface area contributed by atoms with Gasteiger partial charge in [0, 0.05) is 31.1 Å². The summed E-state index contributed by atoms with van der Waals surface area (Å²) in [6, 6.07) is 0. The lowest BCUT2D eigenvalue weighted by atomic mass is 9.70. The zero-order valence-electron chi connectivity index (χ0n) is 13.9. The van der Waals surface area contributed by atoms with Crippen molar-refractivity contribution in [2.75, 3.05) is 13.2 Å². The summed E-state index contributed by atoms with van der Waals surface area (Å²) in [5, 5.41) is 3.30. The number of hydrogen-bond acceptors (Lipinski definition) is 4. The van der Waals surface area contributed by atoms with Gasteiger partial charge in [-0.15, -0.1) is 0 Å². The van der Waals surface area contributed by atoms with Gasteiger partial charge in [-0.1, -0.05) is 20.8 Å². The van der Waals surface area contributed by atoms with Gasteiger partial charge >= 0.3 is 0 Å². The molecule has 1 aromatic heterocycles.